The molecule has 1 fully saturated rings. The summed E-state index contributed by atoms with van der Waals surface area (Å²) in [5, 5.41) is 1.86. The molecule has 2 aromatic heterocycles. The molecule has 7 heteroatoms. The Morgan fingerprint density at radius 3 is 3.00 bits per heavy atom. The highest BCUT2D eigenvalue weighted by Crippen LogP contribution is 2.34. The van der Waals surface area contributed by atoms with Crippen molar-refractivity contribution in [1.29, 1.82) is 0 Å². The minimum absolute atomic E-state index is 0.169. The predicted molar refractivity (Wildman–Crippen MR) is 122 cm³/mol. The molecule has 0 aliphatic carbocycles. The van der Waals surface area contributed by atoms with E-state index in [9.17, 15) is 4.79 Å². The first-order valence-electron chi connectivity index (χ1n) is 10.5. The number of rotatable bonds is 4. The van der Waals surface area contributed by atoms with Gasteiger partial charge < -0.3 is 19.5 Å². The third-order valence-corrected chi connectivity index (χ3v) is 7.09. The number of aromatic amines is 1. The zero-order chi connectivity index (χ0) is 20.9. The monoisotopic (exact) mass is 430 g/mol. The predicted octanol–water partition coefficient (Wildman–Crippen LogP) is 4.75. The zero-order valence-electron chi connectivity index (χ0n) is 17.2. The molecule has 31 heavy (non-hydrogen) atoms. The summed E-state index contributed by atoms with van der Waals surface area (Å²) in [5.41, 5.74) is 4.66. The second kappa shape index (κ2) is 7.13. The van der Waals surface area contributed by atoms with Gasteiger partial charge in [-0.15, -0.1) is 0 Å². The van der Waals surface area contributed by atoms with Crippen molar-refractivity contribution in [3.05, 3.63) is 66.0 Å². The fraction of sp³-hybridized carbons (Fsp3) is 0.250. The van der Waals surface area contributed by atoms with Crippen molar-refractivity contribution in [2.24, 2.45) is 5.92 Å². The highest BCUT2D eigenvalue weighted by Gasteiger charge is 2.34. The number of hydrogen-bond donors (Lipinski definition) is 1. The lowest BCUT2D eigenvalue weighted by Gasteiger charge is -2.19. The van der Waals surface area contributed by atoms with E-state index in [1.165, 1.54) is 16.5 Å². The number of thiazole rings is 1. The first-order valence-corrected chi connectivity index (χ1v) is 11.3. The van der Waals surface area contributed by atoms with Crippen LogP contribution in [-0.2, 0) is 11.3 Å². The van der Waals surface area contributed by atoms with Gasteiger partial charge in [0.2, 0.25) is 5.91 Å². The normalized spacial score (nSPS) is 18.1. The van der Waals surface area contributed by atoms with Crippen LogP contribution < -0.4 is 4.74 Å². The summed E-state index contributed by atoms with van der Waals surface area (Å²) >= 11 is 1.55. The zero-order valence-corrected chi connectivity index (χ0v) is 18.0. The third kappa shape index (κ3) is 3.35. The van der Waals surface area contributed by atoms with Crippen LogP contribution in [0.3, 0.4) is 0 Å². The number of ether oxygens (including phenoxy) is 1. The summed E-state index contributed by atoms with van der Waals surface area (Å²) in [4.78, 5) is 23.9. The molecule has 4 heterocycles. The first kappa shape index (κ1) is 18.4. The molecule has 1 atom stereocenters. The van der Waals surface area contributed by atoms with E-state index in [0.717, 1.165) is 47.7 Å². The lowest BCUT2D eigenvalue weighted by Crippen LogP contribution is -2.29. The Labute approximate surface area is 183 Å². The lowest BCUT2D eigenvalue weighted by atomic mass is 10.1. The molecule has 2 aromatic carbocycles. The molecule has 1 N–H and O–H groups in total. The number of carbonyl (C=O) groups excluding carboxylic acids is 1. The quantitative estimate of drug-likeness (QED) is 0.508. The van der Waals surface area contributed by atoms with E-state index in [4.69, 9.17) is 4.74 Å². The van der Waals surface area contributed by atoms with E-state index >= 15 is 0 Å². The number of hydrogen-bond acceptors (Lipinski definition) is 5. The number of carbonyl (C=O) groups is 1. The lowest BCUT2D eigenvalue weighted by molar-refractivity contribution is -0.127. The number of H-pyrrole nitrogens is 1. The number of fused-ring (bicyclic) bond motifs is 3. The molecule has 6 nitrogen and oxygen atoms in total. The number of aromatic nitrogens is 2. The van der Waals surface area contributed by atoms with Crippen LogP contribution in [0.2, 0.25) is 0 Å². The summed E-state index contributed by atoms with van der Waals surface area (Å²) in [6, 6.07) is 14.2. The highest BCUT2D eigenvalue weighted by molar-refractivity contribution is 7.20. The van der Waals surface area contributed by atoms with E-state index in [1.54, 1.807) is 18.3 Å². The second-order valence-corrected chi connectivity index (χ2v) is 9.29. The van der Waals surface area contributed by atoms with Crippen LogP contribution in [0.25, 0.3) is 21.1 Å². The van der Waals surface area contributed by atoms with Crippen LogP contribution >= 0.6 is 11.3 Å². The maximum Gasteiger partial charge on any atom is 0.279 e. The molecule has 6 rings (SSSR count). The van der Waals surface area contributed by atoms with E-state index in [1.807, 2.05) is 35.2 Å². The number of benzene rings is 2. The standard InChI is InChI=1S/C24H22N4O2S/c1-15(29)28-13-17-11-27(12-18(17)14-28)10-16-9-25-22-8-19(6-7-20(16)22)30-24-26-21-4-2-3-5-23(21)31-24/h2-9,11,18,25H,10,12-14H2,1H3. The first-order chi connectivity index (χ1) is 15.1. The molecule has 0 spiro atoms. The van der Waals surface area contributed by atoms with Crippen molar-refractivity contribution in [2.45, 2.75) is 13.5 Å². The van der Waals surface area contributed by atoms with Gasteiger partial charge in [0.15, 0.2) is 0 Å². The average molecular weight is 431 g/mol. The van der Waals surface area contributed by atoms with E-state index in [0.29, 0.717) is 11.1 Å². The van der Waals surface area contributed by atoms with Crippen LogP contribution in [0.4, 0.5) is 0 Å². The average Bonchev–Trinajstić information content (AvgIpc) is 3.50. The molecule has 0 radical (unpaired) electrons. The molecule has 0 saturated carbocycles. The van der Waals surface area contributed by atoms with Crippen molar-refractivity contribution >= 4 is 38.4 Å². The van der Waals surface area contributed by atoms with Crippen LogP contribution in [0.15, 0.2) is 60.4 Å². The molecule has 1 amide bonds. The van der Waals surface area contributed by atoms with Gasteiger partial charge in [-0.05, 0) is 35.4 Å². The van der Waals surface area contributed by atoms with Crippen molar-refractivity contribution in [3.63, 3.8) is 0 Å². The fourth-order valence-electron chi connectivity index (χ4n) is 4.61. The van der Waals surface area contributed by atoms with Gasteiger partial charge in [0.05, 0.1) is 10.2 Å². The Hall–Kier alpha value is -3.32. The smallest absolute Gasteiger partial charge is 0.279 e. The molecule has 2 aliphatic rings. The van der Waals surface area contributed by atoms with Gasteiger partial charge in [0, 0.05) is 68.4 Å². The maximum atomic E-state index is 11.6. The van der Waals surface area contributed by atoms with Gasteiger partial charge in [0.1, 0.15) is 5.75 Å². The van der Waals surface area contributed by atoms with Gasteiger partial charge in [0.25, 0.3) is 5.19 Å². The molecule has 1 unspecified atom stereocenters. The molecular formula is C24H22N4O2S. The van der Waals surface area contributed by atoms with Crippen LogP contribution in [0, 0.1) is 5.92 Å². The van der Waals surface area contributed by atoms with Gasteiger partial charge >= 0.3 is 0 Å². The van der Waals surface area contributed by atoms with Crippen LogP contribution in [-0.4, -0.2) is 45.3 Å². The molecule has 2 aliphatic heterocycles. The van der Waals surface area contributed by atoms with E-state index in [2.05, 4.69) is 39.4 Å². The molecule has 156 valence electrons. The van der Waals surface area contributed by atoms with Crippen molar-refractivity contribution in [3.8, 4) is 10.9 Å². The summed E-state index contributed by atoms with van der Waals surface area (Å²) < 4.78 is 7.15. The number of amides is 1. The minimum atomic E-state index is 0.169. The van der Waals surface area contributed by atoms with Gasteiger partial charge in [-0.2, -0.15) is 0 Å². The number of nitrogens with one attached hydrogen (secondary N) is 1. The minimum Gasteiger partial charge on any atom is -0.431 e. The van der Waals surface area contributed by atoms with Gasteiger partial charge in [-0.3, -0.25) is 4.79 Å². The number of para-hydroxylation sites is 1. The van der Waals surface area contributed by atoms with E-state index in [-0.39, 0.29) is 5.91 Å². The van der Waals surface area contributed by atoms with E-state index < -0.39 is 0 Å². The molecule has 1 saturated heterocycles. The Bertz CT molecular complexity index is 1300. The third-order valence-electron chi connectivity index (χ3n) is 6.18. The van der Waals surface area contributed by atoms with Gasteiger partial charge in [-0.1, -0.05) is 23.5 Å². The number of nitrogens with zero attached hydrogens (tertiary/aromatic N) is 3. The SMILES string of the molecule is CC(=O)N1CC2=CN(Cc3c[nH]c4cc(Oc5nc6ccccc6s5)ccc34)CC2C1. The van der Waals surface area contributed by atoms with Crippen molar-refractivity contribution in [2.75, 3.05) is 19.6 Å². The van der Waals surface area contributed by atoms with Crippen molar-refractivity contribution in [1.82, 2.24) is 19.8 Å². The second-order valence-electron chi connectivity index (χ2n) is 8.30. The summed E-state index contributed by atoms with van der Waals surface area (Å²) in [7, 11) is 0. The summed E-state index contributed by atoms with van der Waals surface area (Å²) in [6.45, 7) is 5.11. The summed E-state index contributed by atoms with van der Waals surface area (Å²) in [5.74, 6) is 1.42. The molecule has 0 bridgehead atoms. The van der Waals surface area contributed by atoms with Crippen LogP contribution in [0.1, 0.15) is 12.5 Å². The number of likely N-dealkylation sites (tertiary alicyclic amines) is 1. The largest absolute Gasteiger partial charge is 0.431 e. The highest BCUT2D eigenvalue weighted by atomic mass is 32.1. The maximum absolute atomic E-state index is 11.6. The Morgan fingerprint density at radius 2 is 2.16 bits per heavy atom. The topological polar surface area (TPSA) is 61.5 Å². The Kier molecular flexibility index (Phi) is 4.24. The Balaban J connectivity index is 1.18. The molecular weight excluding hydrogens is 408 g/mol. The van der Waals surface area contributed by atoms with Crippen LogP contribution in [0.5, 0.6) is 10.9 Å². The molecule has 4 aromatic rings. The Morgan fingerprint density at radius 1 is 1.26 bits per heavy atom. The summed E-state index contributed by atoms with van der Waals surface area (Å²) in [6.07, 6.45) is 4.33. The van der Waals surface area contributed by atoms with Gasteiger partial charge in [-0.25, -0.2) is 4.98 Å². The fourth-order valence-corrected chi connectivity index (χ4v) is 5.45. The van der Waals surface area contributed by atoms with Crippen molar-refractivity contribution < 1.29 is 9.53 Å².